The van der Waals surface area contributed by atoms with Crippen LogP contribution < -0.4 is 15.0 Å². The zero-order valence-electron chi connectivity index (χ0n) is 38.0. The number of benzene rings is 5. The second-order valence-electron chi connectivity index (χ2n) is 17.5. The van der Waals surface area contributed by atoms with Gasteiger partial charge >= 0.3 is 12.1 Å². The molecule has 6 aromatic rings. The summed E-state index contributed by atoms with van der Waals surface area (Å²) in [5.74, 6) is 3.65. The Bertz CT molecular complexity index is 2970. The number of carbonyl (C=O) groups is 4. The molecule has 0 radical (unpaired) electrons. The third kappa shape index (κ3) is 8.22. The number of imidazole rings is 1. The van der Waals surface area contributed by atoms with Crippen molar-refractivity contribution in [3.8, 4) is 17.6 Å². The van der Waals surface area contributed by atoms with Crippen LogP contribution in [0.2, 0.25) is 0 Å². The minimum Gasteiger partial charge on any atom is -0.491 e. The molecule has 10 rings (SSSR count). The van der Waals surface area contributed by atoms with Crippen LogP contribution >= 0.6 is 0 Å². The number of ether oxygens (including phenoxy) is 4. The van der Waals surface area contributed by atoms with Gasteiger partial charge in [-0.25, -0.2) is 14.7 Å². The highest BCUT2D eigenvalue weighted by atomic mass is 16.6. The van der Waals surface area contributed by atoms with E-state index in [1.165, 1.54) is 7.11 Å². The number of fused-ring (bicyclic) bond motifs is 4. The van der Waals surface area contributed by atoms with Crippen molar-refractivity contribution >= 4 is 40.6 Å². The molecule has 4 aliphatic rings. The van der Waals surface area contributed by atoms with Crippen LogP contribution in [0.1, 0.15) is 77.5 Å². The Labute approximate surface area is 399 Å². The van der Waals surface area contributed by atoms with Crippen molar-refractivity contribution in [1.29, 1.82) is 0 Å². The van der Waals surface area contributed by atoms with Crippen LogP contribution in [0.4, 0.5) is 10.5 Å². The molecule has 3 amide bonds. The van der Waals surface area contributed by atoms with E-state index >= 15 is 14.4 Å². The predicted octanol–water partition coefficient (Wildman–Crippen LogP) is 7.55. The van der Waals surface area contributed by atoms with Gasteiger partial charge in [-0.3, -0.25) is 19.3 Å². The average Bonchev–Trinajstić information content (AvgIpc) is 4.03. The van der Waals surface area contributed by atoms with Crippen molar-refractivity contribution in [2.45, 2.75) is 61.9 Å². The number of aromatic amines is 1. The molecule has 1 aliphatic carbocycles. The van der Waals surface area contributed by atoms with Gasteiger partial charge in [0.1, 0.15) is 42.3 Å². The highest BCUT2D eigenvalue weighted by Gasteiger charge is 2.76. The number of anilines is 1. The number of hydrogen-bond donors (Lipinski definition) is 3. The fourth-order valence-electron chi connectivity index (χ4n) is 10.7. The summed E-state index contributed by atoms with van der Waals surface area (Å²) in [5, 5.41) is 13.2. The molecule has 350 valence electrons. The highest BCUT2D eigenvalue weighted by molar-refractivity contribution is 6.23. The van der Waals surface area contributed by atoms with Gasteiger partial charge in [0.25, 0.3) is 0 Å². The fraction of sp³-hybridized carbons (Fsp3) is 0.291. The lowest BCUT2D eigenvalue weighted by Gasteiger charge is -2.46. The number of amides is 3. The Morgan fingerprint density at radius 3 is 2.38 bits per heavy atom. The zero-order valence-corrected chi connectivity index (χ0v) is 38.0. The Hall–Kier alpha value is -7.57. The van der Waals surface area contributed by atoms with Crippen molar-refractivity contribution in [3.05, 3.63) is 173 Å². The number of rotatable bonds is 12. The minimum atomic E-state index is -2.09. The molecule has 2 fully saturated rings. The number of aliphatic hydroxyl groups is 1. The van der Waals surface area contributed by atoms with Crippen LogP contribution in [-0.4, -0.2) is 83.4 Å². The van der Waals surface area contributed by atoms with Crippen LogP contribution in [-0.2, 0) is 40.6 Å². The number of hydrogen-bond acceptors (Lipinski definition) is 11. The molecule has 0 saturated carbocycles. The molecule has 5 aromatic carbocycles. The number of para-hydroxylation sites is 3. The van der Waals surface area contributed by atoms with Crippen LogP contribution in [0.3, 0.4) is 0 Å². The van der Waals surface area contributed by atoms with Crippen molar-refractivity contribution in [1.82, 2.24) is 20.2 Å². The monoisotopic (exact) mass is 925 g/mol. The molecule has 4 heterocycles. The number of allylic oxidation sites excluding steroid dienone is 2. The van der Waals surface area contributed by atoms with E-state index in [0.717, 1.165) is 47.2 Å². The third-order valence-corrected chi connectivity index (χ3v) is 13.5. The van der Waals surface area contributed by atoms with Crippen LogP contribution in [0.15, 0.2) is 139 Å². The van der Waals surface area contributed by atoms with Gasteiger partial charge in [0.2, 0.25) is 11.8 Å². The van der Waals surface area contributed by atoms with Crippen molar-refractivity contribution in [3.63, 3.8) is 0 Å². The number of aromatic nitrogens is 2. The largest absolute Gasteiger partial charge is 0.491 e. The lowest BCUT2D eigenvalue weighted by molar-refractivity contribution is -0.178. The topological polar surface area (TPSA) is 173 Å². The van der Waals surface area contributed by atoms with E-state index in [9.17, 15) is 9.90 Å². The van der Waals surface area contributed by atoms with Gasteiger partial charge in [0, 0.05) is 18.2 Å². The summed E-state index contributed by atoms with van der Waals surface area (Å²) >= 11 is 0. The van der Waals surface area contributed by atoms with Gasteiger partial charge in [-0.2, -0.15) is 0 Å². The summed E-state index contributed by atoms with van der Waals surface area (Å²) in [4.78, 5) is 73.4. The molecule has 6 atom stereocenters. The van der Waals surface area contributed by atoms with E-state index in [0.29, 0.717) is 33.8 Å². The first-order valence-electron chi connectivity index (χ1n) is 23.3. The van der Waals surface area contributed by atoms with Crippen LogP contribution in [0.5, 0.6) is 5.75 Å². The molecule has 14 nitrogen and oxygen atoms in total. The average molecular weight is 926 g/mol. The maximum absolute atomic E-state index is 16.5. The second-order valence-corrected chi connectivity index (χ2v) is 17.5. The normalized spacial score (nSPS) is 22.8. The van der Waals surface area contributed by atoms with E-state index in [1.54, 1.807) is 42.5 Å². The molecular formula is C55H51N5O9. The van der Waals surface area contributed by atoms with E-state index < -0.39 is 59.4 Å². The number of imide groups is 1. The number of cyclic esters (lactones) is 1. The number of methoxy groups -OCH3 is 1. The molecular weight excluding hydrogens is 875 g/mol. The maximum Gasteiger partial charge on any atom is 0.421 e. The Kier molecular flexibility index (Phi) is 12.8. The molecule has 1 aromatic heterocycles. The molecule has 0 unspecified atom stereocenters. The molecule has 69 heavy (non-hydrogen) atoms. The Morgan fingerprint density at radius 1 is 0.870 bits per heavy atom. The fourth-order valence-corrected chi connectivity index (χ4v) is 10.7. The Morgan fingerprint density at radius 2 is 1.62 bits per heavy atom. The van der Waals surface area contributed by atoms with Gasteiger partial charge in [-0.1, -0.05) is 109 Å². The van der Waals surface area contributed by atoms with Gasteiger partial charge < -0.3 is 34.4 Å². The lowest BCUT2D eigenvalue weighted by atomic mass is 9.65. The molecule has 3 aliphatic heterocycles. The van der Waals surface area contributed by atoms with Crippen molar-refractivity contribution in [2.24, 2.45) is 5.92 Å². The molecule has 3 N–H and O–H groups in total. The second kappa shape index (κ2) is 19.6. The predicted molar refractivity (Wildman–Crippen MR) is 256 cm³/mol. The number of morpholine rings is 1. The molecule has 0 bridgehead atoms. The maximum atomic E-state index is 16.5. The SMILES string of the molecule is COCCOC(=O)N1C(=O)[C@@]2(c3cc(C#CC4=CCCCC4)ccc31)[C@H](C(=O)NCc1nc3ccccc3[nH]1)[C@H]1C(=O)O[C@H](c3ccccc3)[C@H](c3ccccc3)N1[C@@H]2c1ccccc1OCCO. The minimum absolute atomic E-state index is 0.0580. The zero-order chi connectivity index (χ0) is 47.5. The number of H-pyrrole nitrogens is 1. The number of carbonyl (C=O) groups excluding carboxylic acids is 4. The van der Waals surface area contributed by atoms with Crippen LogP contribution in [0.25, 0.3) is 11.0 Å². The summed E-state index contributed by atoms with van der Waals surface area (Å²) in [6, 6.07) is 35.2. The molecule has 2 saturated heterocycles. The Balaban J connectivity index is 1.26. The summed E-state index contributed by atoms with van der Waals surface area (Å²) in [6.45, 7) is -0.626. The van der Waals surface area contributed by atoms with E-state index in [4.69, 9.17) is 23.9 Å². The number of esters is 1. The smallest absolute Gasteiger partial charge is 0.421 e. The van der Waals surface area contributed by atoms with E-state index in [2.05, 4.69) is 28.2 Å². The highest BCUT2D eigenvalue weighted by Crippen LogP contribution is 2.66. The molecule has 14 heteroatoms. The summed E-state index contributed by atoms with van der Waals surface area (Å²) in [5.41, 5.74) is 3.22. The quantitative estimate of drug-likeness (QED) is 0.0629. The first kappa shape index (κ1) is 45.2. The van der Waals surface area contributed by atoms with Gasteiger partial charge in [-0.15, -0.1) is 0 Å². The summed E-state index contributed by atoms with van der Waals surface area (Å²) in [7, 11) is 1.47. The number of aliphatic hydroxyl groups excluding tert-OH is 1. The van der Waals surface area contributed by atoms with E-state index in [-0.39, 0.29) is 44.2 Å². The van der Waals surface area contributed by atoms with E-state index in [1.807, 2.05) is 89.8 Å². The van der Waals surface area contributed by atoms with Gasteiger partial charge in [-0.05, 0) is 84.3 Å². The van der Waals surface area contributed by atoms with Crippen LogP contribution in [0, 0.1) is 17.8 Å². The standard InChI is InChI=1S/C55H51N5O9/c1-66-31-32-68-54(65)59-43-28-27-36(26-25-35-15-5-2-6-16-35)33-40(43)55(53(59)64)46(51(62)56-34-45-57-41-22-12-13-23-42(41)58-45)48-52(63)69-49(38-19-9-4-10-20-38)47(37-17-7-3-8-18-37)60(48)50(55)39-21-11-14-24-44(39)67-30-29-61/h3-4,7-15,17-24,27-28,33,46-50,61H,2,5-6,16,29-32,34H2,1H3,(H,56,62)(H,57,58)/t46-,47-,48-,49+,50+,55-/m0/s1. The summed E-state index contributed by atoms with van der Waals surface area (Å²) < 4.78 is 23.9. The first-order valence-corrected chi connectivity index (χ1v) is 23.3. The van der Waals surface area contributed by atoms with Crippen molar-refractivity contribution in [2.75, 3.05) is 38.4 Å². The first-order chi connectivity index (χ1) is 33.8. The third-order valence-electron chi connectivity index (χ3n) is 13.5. The van der Waals surface area contributed by atoms with Gasteiger partial charge in [0.15, 0.2) is 0 Å². The van der Waals surface area contributed by atoms with Crippen molar-refractivity contribution < 1.29 is 43.2 Å². The number of nitrogens with zero attached hydrogens (tertiary/aromatic N) is 3. The van der Waals surface area contributed by atoms with Gasteiger partial charge in [0.05, 0.1) is 54.5 Å². The summed E-state index contributed by atoms with van der Waals surface area (Å²) in [6.07, 6.45) is 4.09. The molecule has 1 spiro atoms. The lowest BCUT2D eigenvalue weighted by Crippen LogP contribution is -2.55. The number of nitrogens with one attached hydrogen (secondary N) is 2.